The maximum atomic E-state index is 6.55. The second-order valence-corrected chi connectivity index (χ2v) is 8.90. The minimum Gasteiger partial charge on any atom is -0.449 e. The summed E-state index contributed by atoms with van der Waals surface area (Å²) in [5.41, 5.74) is 8.09. The number of rotatable bonds is 3. The lowest BCUT2D eigenvalue weighted by molar-refractivity contribution is 0.361. The first kappa shape index (κ1) is 18.9. The minimum atomic E-state index is -0.0749. The van der Waals surface area contributed by atoms with Gasteiger partial charge < -0.3 is 9.47 Å². The van der Waals surface area contributed by atoms with Crippen LogP contribution in [0.4, 0.5) is 0 Å². The topological polar surface area (TPSA) is 30.8 Å². The lowest BCUT2D eigenvalue weighted by Crippen LogP contribution is -2.15. The van der Waals surface area contributed by atoms with Crippen LogP contribution in [-0.2, 0) is 12.0 Å². The zero-order valence-electron chi connectivity index (χ0n) is 18.2. The van der Waals surface area contributed by atoms with Gasteiger partial charge in [0.25, 0.3) is 0 Å². The number of ether oxygens (including phenoxy) is 2. The predicted octanol–water partition coefficient (Wildman–Crippen LogP) is 7.76. The third-order valence-corrected chi connectivity index (χ3v) is 6.63. The molecular weight excluding hydrogens is 394 g/mol. The minimum absolute atomic E-state index is 0.0749. The molecule has 3 heteroatoms. The van der Waals surface area contributed by atoms with E-state index in [1.54, 1.807) is 0 Å². The molecule has 2 aliphatic rings. The molecule has 0 atom stereocenters. The number of hydrogen-bond donors (Lipinski definition) is 0. The first-order chi connectivity index (χ1) is 15.6. The van der Waals surface area contributed by atoms with E-state index in [9.17, 15) is 0 Å². The average molecular weight is 418 g/mol. The van der Waals surface area contributed by atoms with Gasteiger partial charge in [-0.3, -0.25) is 4.99 Å². The fourth-order valence-corrected chi connectivity index (χ4v) is 4.99. The van der Waals surface area contributed by atoms with Gasteiger partial charge in [-0.05, 0) is 46.7 Å². The molecule has 0 unspecified atom stereocenters. The fourth-order valence-electron chi connectivity index (χ4n) is 4.99. The van der Waals surface area contributed by atoms with E-state index in [-0.39, 0.29) is 5.41 Å². The van der Waals surface area contributed by atoms with E-state index in [0.29, 0.717) is 6.54 Å². The molecule has 3 nitrogen and oxygen atoms in total. The Morgan fingerprint density at radius 1 is 0.719 bits per heavy atom. The van der Waals surface area contributed by atoms with Gasteiger partial charge in [0, 0.05) is 16.5 Å². The summed E-state index contributed by atoms with van der Waals surface area (Å²) < 4.78 is 13.0. The van der Waals surface area contributed by atoms with Gasteiger partial charge in [-0.1, -0.05) is 80.6 Å². The summed E-state index contributed by atoms with van der Waals surface area (Å²) in [7, 11) is 0. The quantitative estimate of drug-likeness (QED) is 0.281. The maximum absolute atomic E-state index is 6.55. The Balaban J connectivity index is 1.47. The van der Waals surface area contributed by atoms with Crippen molar-refractivity contribution in [2.45, 2.75) is 25.8 Å². The van der Waals surface area contributed by atoms with Crippen molar-refractivity contribution >= 4 is 6.72 Å². The van der Waals surface area contributed by atoms with E-state index in [0.717, 1.165) is 45.3 Å². The Bertz CT molecular complexity index is 1380. The van der Waals surface area contributed by atoms with E-state index in [4.69, 9.17) is 9.47 Å². The van der Waals surface area contributed by atoms with E-state index in [2.05, 4.69) is 86.2 Å². The van der Waals surface area contributed by atoms with Gasteiger partial charge in [0.15, 0.2) is 23.0 Å². The molecule has 4 aromatic carbocycles. The van der Waals surface area contributed by atoms with E-state index >= 15 is 0 Å². The molecule has 4 aromatic rings. The molecule has 1 aliphatic heterocycles. The van der Waals surface area contributed by atoms with Crippen LogP contribution in [-0.4, -0.2) is 6.72 Å². The molecule has 1 heterocycles. The molecule has 0 saturated heterocycles. The molecule has 32 heavy (non-hydrogen) atoms. The van der Waals surface area contributed by atoms with Crippen molar-refractivity contribution in [2.75, 3.05) is 0 Å². The molecule has 0 saturated carbocycles. The van der Waals surface area contributed by atoms with Gasteiger partial charge in [-0.15, -0.1) is 0 Å². The molecule has 0 fully saturated rings. The lowest BCUT2D eigenvalue weighted by Gasteiger charge is -2.26. The first-order valence-corrected chi connectivity index (χ1v) is 10.9. The van der Waals surface area contributed by atoms with Gasteiger partial charge in [-0.2, -0.15) is 0 Å². The van der Waals surface area contributed by atoms with Crippen molar-refractivity contribution in [1.29, 1.82) is 0 Å². The highest BCUT2D eigenvalue weighted by atomic mass is 16.6. The van der Waals surface area contributed by atoms with Crippen LogP contribution in [0.1, 0.15) is 30.5 Å². The Kier molecular flexibility index (Phi) is 4.03. The zero-order valence-corrected chi connectivity index (χ0v) is 18.2. The van der Waals surface area contributed by atoms with Crippen molar-refractivity contribution in [2.24, 2.45) is 4.99 Å². The number of nitrogens with zero attached hydrogens (tertiary/aromatic N) is 1. The summed E-state index contributed by atoms with van der Waals surface area (Å²) >= 11 is 0. The third-order valence-electron chi connectivity index (χ3n) is 6.63. The molecule has 1 aliphatic carbocycles. The summed E-state index contributed by atoms with van der Waals surface area (Å²) in [5, 5.41) is 0. The highest BCUT2D eigenvalue weighted by molar-refractivity contribution is 5.88. The summed E-state index contributed by atoms with van der Waals surface area (Å²) in [4.78, 5) is 3.96. The van der Waals surface area contributed by atoms with Crippen LogP contribution in [0, 0.1) is 0 Å². The lowest BCUT2D eigenvalue weighted by atomic mass is 9.82. The van der Waals surface area contributed by atoms with Crippen LogP contribution in [0.2, 0.25) is 0 Å². The molecule has 0 radical (unpaired) electrons. The number of benzene rings is 4. The van der Waals surface area contributed by atoms with Gasteiger partial charge >= 0.3 is 0 Å². The normalized spacial score (nSPS) is 14.3. The summed E-state index contributed by atoms with van der Waals surface area (Å²) in [6.07, 6.45) is 0. The Labute approximate surface area is 188 Å². The zero-order chi connectivity index (χ0) is 21.9. The van der Waals surface area contributed by atoms with Crippen LogP contribution >= 0.6 is 0 Å². The SMILES string of the molecule is C=NCc1ccc(-c2cccc3c2Oc2ccc4c(c2O3)-c2ccccc2C4(C)C)cc1. The van der Waals surface area contributed by atoms with Crippen molar-refractivity contribution in [3.05, 3.63) is 95.6 Å². The second-order valence-electron chi connectivity index (χ2n) is 8.90. The van der Waals surface area contributed by atoms with Crippen molar-refractivity contribution in [3.63, 3.8) is 0 Å². The summed E-state index contributed by atoms with van der Waals surface area (Å²) in [6.45, 7) is 8.73. The van der Waals surface area contributed by atoms with Crippen LogP contribution in [0.5, 0.6) is 23.0 Å². The molecule has 0 amide bonds. The average Bonchev–Trinajstić information content (AvgIpc) is 3.05. The highest BCUT2D eigenvalue weighted by Crippen LogP contribution is 2.59. The number of hydrogen-bond acceptors (Lipinski definition) is 3. The molecule has 156 valence electrons. The van der Waals surface area contributed by atoms with Gasteiger partial charge in [0.05, 0.1) is 6.54 Å². The van der Waals surface area contributed by atoms with Crippen molar-refractivity contribution in [3.8, 4) is 45.3 Å². The first-order valence-electron chi connectivity index (χ1n) is 10.9. The highest BCUT2D eigenvalue weighted by Gasteiger charge is 2.39. The van der Waals surface area contributed by atoms with Gasteiger partial charge in [0.2, 0.25) is 0 Å². The number of aliphatic imine (C=N–C) groups is 1. The Morgan fingerprint density at radius 2 is 1.44 bits per heavy atom. The Morgan fingerprint density at radius 3 is 2.25 bits per heavy atom. The Hall–Kier alpha value is -3.85. The number of fused-ring (bicyclic) bond motifs is 6. The van der Waals surface area contributed by atoms with Crippen molar-refractivity contribution in [1.82, 2.24) is 0 Å². The van der Waals surface area contributed by atoms with Crippen molar-refractivity contribution < 1.29 is 9.47 Å². The van der Waals surface area contributed by atoms with Crippen LogP contribution in [0.15, 0.2) is 83.9 Å². The summed E-state index contributed by atoms with van der Waals surface area (Å²) in [5.74, 6) is 3.05. The number of para-hydroxylation sites is 1. The van der Waals surface area contributed by atoms with Gasteiger partial charge in [0.1, 0.15) is 0 Å². The molecule has 0 bridgehead atoms. The van der Waals surface area contributed by atoms with E-state index < -0.39 is 0 Å². The molecule has 0 N–H and O–H groups in total. The predicted molar refractivity (Wildman–Crippen MR) is 129 cm³/mol. The second kappa shape index (κ2) is 6.83. The fraction of sp³-hybridized carbons (Fsp3) is 0.138. The summed E-state index contributed by atoms with van der Waals surface area (Å²) in [6, 6.07) is 27.2. The smallest absolute Gasteiger partial charge is 0.178 e. The largest absolute Gasteiger partial charge is 0.449 e. The molecule has 0 spiro atoms. The molecule has 6 rings (SSSR count). The third kappa shape index (κ3) is 2.64. The van der Waals surface area contributed by atoms with Crippen LogP contribution in [0.25, 0.3) is 22.3 Å². The van der Waals surface area contributed by atoms with Crippen LogP contribution < -0.4 is 9.47 Å². The van der Waals surface area contributed by atoms with E-state index in [1.807, 2.05) is 18.2 Å². The van der Waals surface area contributed by atoms with E-state index in [1.165, 1.54) is 16.7 Å². The molecular formula is C29H23NO2. The molecule has 0 aromatic heterocycles. The standard InChI is InChI=1S/C29H23NO2/c1-29(2)22-9-5-4-7-21(22)26-23(29)15-16-25-28(26)32-24-10-6-8-20(27(24)31-25)19-13-11-18(12-14-19)17-30-3/h4-16H,3,17H2,1-2H3. The van der Waals surface area contributed by atoms with Crippen LogP contribution in [0.3, 0.4) is 0 Å². The monoisotopic (exact) mass is 417 g/mol. The van der Waals surface area contributed by atoms with Gasteiger partial charge in [-0.25, -0.2) is 0 Å². The maximum Gasteiger partial charge on any atom is 0.178 e.